The van der Waals surface area contributed by atoms with Gasteiger partial charge in [0, 0.05) is 40.0 Å². The lowest BCUT2D eigenvalue weighted by Crippen LogP contribution is -2.38. The van der Waals surface area contributed by atoms with Crippen LogP contribution in [0.1, 0.15) is 34.6 Å². The Labute approximate surface area is 232 Å². The first kappa shape index (κ1) is 27.8. The number of methoxy groups -OCH3 is 3. The molecule has 0 amide bonds. The van der Waals surface area contributed by atoms with Crippen molar-refractivity contribution in [2.45, 2.75) is 24.9 Å². The van der Waals surface area contributed by atoms with Crippen LogP contribution in [-0.4, -0.2) is 61.9 Å². The largest absolute Gasteiger partial charge is 0.481 e. The van der Waals surface area contributed by atoms with E-state index in [0.717, 1.165) is 32.1 Å². The second-order valence-corrected chi connectivity index (χ2v) is 10.6. The Kier molecular flexibility index (Phi) is 8.55. The molecule has 1 N–H and O–H groups in total. The fourth-order valence-electron chi connectivity index (χ4n) is 4.87. The highest BCUT2D eigenvalue weighted by atomic mass is 79.9. The summed E-state index contributed by atoms with van der Waals surface area (Å²) in [6.07, 6.45) is 0.411. The van der Waals surface area contributed by atoms with Crippen LogP contribution in [0.15, 0.2) is 65.1 Å². The van der Waals surface area contributed by atoms with Gasteiger partial charge in [-0.15, -0.1) is 0 Å². The maximum atomic E-state index is 12.9. The van der Waals surface area contributed by atoms with Crippen LogP contribution >= 0.6 is 15.9 Å². The molecule has 4 rings (SSSR count). The van der Waals surface area contributed by atoms with Crippen LogP contribution in [-0.2, 0) is 5.60 Å². The van der Waals surface area contributed by atoms with Crippen LogP contribution in [0.2, 0.25) is 0 Å². The highest BCUT2D eigenvalue weighted by Crippen LogP contribution is 2.48. The zero-order valence-corrected chi connectivity index (χ0v) is 24.2. The van der Waals surface area contributed by atoms with Gasteiger partial charge in [-0.25, -0.2) is 4.98 Å². The molecule has 0 radical (unpaired) electrons. The number of aliphatic hydroxyl groups is 1. The first-order valence-corrected chi connectivity index (χ1v) is 13.2. The summed E-state index contributed by atoms with van der Waals surface area (Å²) < 4.78 is 17.8. The number of nitrogens with zero attached hydrogens (tertiary/aromatic N) is 3. The Balaban J connectivity index is 2.07. The van der Waals surface area contributed by atoms with Crippen LogP contribution in [0.3, 0.4) is 0 Å². The lowest BCUT2D eigenvalue weighted by Gasteiger charge is -2.39. The van der Waals surface area contributed by atoms with E-state index in [1.165, 1.54) is 0 Å². The second kappa shape index (κ2) is 11.7. The van der Waals surface area contributed by atoms with Crippen molar-refractivity contribution in [2.75, 3.05) is 42.0 Å². The van der Waals surface area contributed by atoms with E-state index < -0.39 is 11.5 Å². The van der Waals surface area contributed by atoms with Gasteiger partial charge in [0.25, 0.3) is 0 Å². The Bertz CT molecular complexity index is 1410. The summed E-state index contributed by atoms with van der Waals surface area (Å²) in [6.45, 7) is 2.67. The SMILES string of the molecule is COc1cc(C(O)(CCN(C)C)C(c2cccc(C)c2)c2cc3cc(Br)ccc3nc2OC)cc(OC)n1. The summed E-state index contributed by atoms with van der Waals surface area (Å²) in [5, 5.41) is 13.9. The molecular formula is C30H34BrN3O4. The van der Waals surface area contributed by atoms with E-state index in [1.807, 2.05) is 57.4 Å². The zero-order chi connectivity index (χ0) is 27.4. The normalized spacial score (nSPS) is 13.8. The topological polar surface area (TPSA) is 76.9 Å². The molecule has 0 aliphatic rings. The van der Waals surface area contributed by atoms with Crippen molar-refractivity contribution in [3.05, 3.63) is 87.4 Å². The number of halogens is 1. The maximum Gasteiger partial charge on any atom is 0.217 e. The van der Waals surface area contributed by atoms with Crippen LogP contribution in [0.5, 0.6) is 17.6 Å². The fraction of sp³-hybridized carbons (Fsp3) is 0.333. The third-order valence-corrected chi connectivity index (χ3v) is 7.26. The lowest BCUT2D eigenvalue weighted by atomic mass is 9.71. The molecule has 0 fully saturated rings. The van der Waals surface area contributed by atoms with Crippen molar-refractivity contribution in [1.82, 2.24) is 14.9 Å². The molecule has 0 saturated carbocycles. The Hall–Kier alpha value is -3.20. The van der Waals surface area contributed by atoms with E-state index in [-0.39, 0.29) is 0 Å². The highest BCUT2D eigenvalue weighted by Gasteiger charge is 2.43. The van der Waals surface area contributed by atoms with Crippen molar-refractivity contribution in [3.63, 3.8) is 0 Å². The van der Waals surface area contributed by atoms with Gasteiger partial charge in [-0.2, -0.15) is 4.98 Å². The number of aromatic nitrogens is 2. The molecule has 2 heterocycles. The summed E-state index contributed by atoms with van der Waals surface area (Å²) in [6, 6.07) is 19.7. The molecule has 38 heavy (non-hydrogen) atoms. The Morgan fingerprint density at radius 3 is 2.24 bits per heavy atom. The van der Waals surface area contributed by atoms with Crippen LogP contribution in [0.4, 0.5) is 0 Å². The quantitative estimate of drug-likeness (QED) is 0.258. The van der Waals surface area contributed by atoms with Gasteiger partial charge in [-0.1, -0.05) is 45.8 Å². The van der Waals surface area contributed by atoms with Gasteiger partial charge >= 0.3 is 0 Å². The third-order valence-electron chi connectivity index (χ3n) is 6.76. The molecule has 4 aromatic rings. The molecule has 0 saturated heterocycles. The second-order valence-electron chi connectivity index (χ2n) is 9.69. The molecule has 0 bridgehead atoms. The number of ether oxygens (including phenoxy) is 3. The molecule has 200 valence electrons. The lowest BCUT2D eigenvalue weighted by molar-refractivity contribution is 0.00330. The summed E-state index contributed by atoms with van der Waals surface area (Å²) in [4.78, 5) is 11.3. The van der Waals surface area contributed by atoms with Crippen LogP contribution < -0.4 is 14.2 Å². The van der Waals surface area contributed by atoms with Crippen molar-refractivity contribution in [2.24, 2.45) is 0 Å². The predicted octanol–water partition coefficient (Wildman–Crippen LogP) is 5.70. The third kappa shape index (κ3) is 5.77. The van der Waals surface area contributed by atoms with Crippen LogP contribution in [0.25, 0.3) is 10.9 Å². The molecule has 2 aromatic heterocycles. The van der Waals surface area contributed by atoms with Crippen molar-refractivity contribution >= 4 is 26.8 Å². The molecule has 8 heteroatoms. The van der Waals surface area contributed by atoms with Gasteiger partial charge in [0.1, 0.15) is 5.60 Å². The van der Waals surface area contributed by atoms with Crippen molar-refractivity contribution in [3.8, 4) is 17.6 Å². The first-order chi connectivity index (χ1) is 18.2. The number of aryl methyl sites for hydroxylation is 1. The smallest absolute Gasteiger partial charge is 0.217 e. The Morgan fingerprint density at radius 1 is 0.921 bits per heavy atom. The number of pyridine rings is 2. The van der Waals surface area contributed by atoms with Gasteiger partial charge in [0.2, 0.25) is 17.6 Å². The molecule has 7 nitrogen and oxygen atoms in total. The minimum Gasteiger partial charge on any atom is -0.481 e. The van der Waals surface area contributed by atoms with Gasteiger partial charge < -0.3 is 24.2 Å². The summed E-state index contributed by atoms with van der Waals surface area (Å²) in [5.74, 6) is 0.642. The molecule has 2 aromatic carbocycles. The van der Waals surface area contributed by atoms with Gasteiger partial charge in [-0.05, 0) is 62.8 Å². The molecule has 0 spiro atoms. The maximum absolute atomic E-state index is 12.9. The number of hydrogen-bond acceptors (Lipinski definition) is 7. The Morgan fingerprint density at radius 2 is 1.63 bits per heavy atom. The van der Waals surface area contributed by atoms with E-state index in [2.05, 4.69) is 37.9 Å². The summed E-state index contributed by atoms with van der Waals surface area (Å²) >= 11 is 3.58. The summed E-state index contributed by atoms with van der Waals surface area (Å²) in [5.41, 5.74) is 2.83. The molecule has 2 atom stereocenters. The van der Waals surface area contributed by atoms with Crippen molar-refractivity contribution < 1.29 is 19.3 Å². The highest BCUT2D eigenvalue weighted by molar-refractivity contribution is 9.10. The van der Waals surface area contributed by atoms with E-state index in [0.29, 0.717) is 36.2 Å². The minimum absolute atomic E-state index is 0.359. The van der Waals surface area contributed by atoms with Crippen molar-refractivity contribution in [1.29, 1.82) is 0 Å². The van der Waals surface area contributed by atoms with E-state index in [4.69, 9.17) is 19.2 Å². The first-order valence-electron chi connectivity index (χ1n) is 12.4. The molecular weight excluding hydrogens is 546 g/mol. The average molecular weight is 581 g/mol. The number of benzene rings is 2. The molecule has 0 aliphatic heterocycles. The molecule has 2 unspecified atom stereocenters. The predicted molar refractivity (Wildman–Crippen MR) is 153 cm³/mol. The monoisotopic (exact) mass is 579 g/mol. The standard InChI is InChI=1S/C30H34BrN3O4/c1-19-8-7-9-20(14-19)28(24-16-21-15-23(31)10-11-25(21)32-29(24)38-6)30(35,12-13-34(2)3)22-17-26(36-4)33-27(18-22)37-5/h7-11,14-18,28,35H,12-13H2,1-6H3. The van der Waals surface area contributed by atoms with E-state index in [1.54, 1.807) is 33.5 Å². The van der Waals surface area contributed by atoms with Gasteiger partial charge in [0.15, 0.2) is 0 Å². The number of fused-ring (bicyclic) bond motifs is 1. The number of hydrogen-bond donors (Lipinski definition) is 1. The van der Waals surface area contributed by atoms with E-state index >= 15 is 0 Å². The average Bonchev–Trinajstić information content (AvgIpc) is 2.91. The zero-order valence-electron chi connectivity index (χ0n) is 22.7. The minimum atomic E-state index is -1.41. The molecule has 0 aliphatic carbocycles. The fourth-order valence-corrected chi connectivity index (χ4v) is 5.25. The van der Waals surface area contributed by atoms with E-state index in [9.17, 15) is 5.11 Å². The van der Waals surface area contributed by atoms with Gasteiger partial charge in [0.05, 0.1) is 26.8 Å². The van der Waals surface area contributed by atoms with Gasteiger partial charge in [-0.3, -0.25) is 0 Å². The summed E-state index contributed by atoms with van der Waals surface area (Å²) in [7, 11) is 8.70. The van der Waals surface area contributed by atoms with Crippen LogP contribution in [0, 0.1) is 6.92 Å². The number of rotatable bonds is 10.